The maximum Gasteiger partial charge on any atom is 0.0708 e. The van der Waals surface area contributed by atoms with Crippen molar-refractivity contribution < 1.29 is 0 Å². The summed E-state index contributed by atoms with van der Waals surface area (Å²) in [5.41, 5.74) is 3.82. The standard InChI is InChI=1S/C17H20N2/c1-11-8-16(14-4-2-3-5-17(14)19-11)15-9-12(15)10-18-13-6-7-13/h2-5,8,12-13,15,18H,6-7,9-10H2,1H3. The van der Waals surface area contributed by atoms with E-state index in [1.165, 1.54) is 36.8 Å². The molecule has 2 heteroatoms. The molecule has 0 amide bonds. The number of nitrogens with zero attached hydrogens (tertiary/aromatic N) is 1. The van der Waals surface area contributed by atoms with Crippen LogP contribution in [-0.4, -0.2) is 17.6 Å². The van der Waals surface area contributed by atoms with Crippen molar-refractivity contribution in [3.63, 3.8) is 0 Å². The van der Waals surface area contributed by atoms with Crippen molar-refractivity contribution in [2.24, 2.45) is 5.92 Å². The highest BCUT2D eigenvalue weighted by molar-refractivity contribution is 5.83. The SMILES string of the molecule is Cc1cc(C2CC2CNC2CC2)c2ccccc2n1. The molecule has 2 aromatic rings. The summed E-state index contributed by atoms with van der Waals surface area (Å²) in [6.45, 7) is 3.31. The Morgan fingerprint density at radius 1 is 1.26 bits per heavy atom. The third-order valence-corrected chi connectivity index (χ3v) is 4.44. The summed E-state index contributed by atoms with van der Waals surface area (Å²) < 4.78 is 0. The average molecular weight is 252 g/mol. The number of nitrogens with one attached hydrogen (secondary N) is 1. The molecule has 4 rings (SSSR count). The number of hydrogen-bond acceptors (Lipinski definition) is 2. The number of hydrogen-bond donors (Lipinski definition) is 1. The van der Waals surface area contributed by atoms with Crippen LogP contribution in [0.2, 0.25) is 0 Å². The largest absolute Gasteiger partial charge is 0.314 e. The van der Waals surface area contributed by atoms with E-state index in [0.717, 1.165) is 29.1 Å². The Kier molecular flexibility index (Phi) is 2.59. The van der Waals surface area contributed by atoms with Gasteiger partial charge in [-0.1, -0.05) is 18.2 Å². The lowest BCUT2D eigenvalue weighted by atomic mass is 10.0. The van der Waals surface area contributed by atoms with E-state index in [1.54, 1.807) is 0 Å². The Labute approximate surface area is 114 Å². The van der Waals surface area contributed by atoms with E-state index < -0.39 is 0 Å². The van der Waals surface area contributed by atoms with Crippen molar-refractivity contribution in [3.8, 4) is 0 Å². The molecule has 2 fully saturated rings. The quantitative estimate of drug-likeness (QED) is 0.902. The van der Waals surface area contributed by atoms with Gasteiger partial charge < -0.3 is 5.32 Å². The Bertz CT molecular complexity index is 616. The smallest absolute Gasteiger partial charge is 0.0708 e. The second-order valence-electron chi connectivity index (χ2n) is 6.15. The van der Waals surface area contributed by atoms with Crippen LogP contribution in [0.3, 0.4) is 0 Å². The molecule has 0 saturated heterocycles. The number of aryl methyl sites for hydroxylation is 1. The van der Waals surface area contributed by atoms with Gasteiger partial charge in [0.15, 0.2) is 0 Å². The Hall–Kier alpha value is -1.41. The van der Waals surface area contributed by atoms with Crippen molar-refractivity contribution in [1.29, 1.82) is 0 Å². The summed E-state index contributed by atoms with van der Waals surface area (Å²) in [7, 11) is 0. The maximum absolute atomic E-state index is 4.64. The van der Waals surface area contributed by atoms with Crippen LogP contribution in [0.5, 0.6) is 0 Å². The minimum Gasteiger partial charge on any atom is -0.314 e. The molecule has 0 aliphatic heterocycles. The fraction of sp³-hybridized carbons (Fsp3) is 0.471. The topological polar surface area (TPSA) is 24.9 Å². The highest BCUT2D eigenvalue weighted by Crippen LogP contribution is 2.49. The van der Waals surface area contributed by atoms with Crippen LogP contribution < -0.4 is 5.32 Å². The number of para-hydroxylation sites is 1. The van der Waals surface area contributed by atoms with E-state index in [1.807, 2.05) is 0 Å². The van der Waals surface area contributed by atoms with Crippen LogP contribution in [0.4, 0.5) is 0 Å². The molecule has 2 aliphatic carbocycles. The van der Waals surface area contributed by atoms with Gasteiger partial charge in [0.2, 0.25) is 0 Å². The zero-order valence-electron chi connectivity index (χ0n) is 11.4. The van der Waals surface area contributed by atoms with E-state index in [0.29, 0.717) is 0 Å². The molecule has 2 saturated carbocycles. The molecule has 1 aromatic heterocycles. The lowest BCUT2D eigenvalue weighted by Gasteiger charge is -2.08. The molecule has 0 radical (unpaired) electrons. The minimum absolute atomic E-state index is 0.748. The van der Waals surface area contributed by atoms with Gasteiger partial charge in [0.25, 0.3) is 0 Å². The fourth-order valence-electron chi connectivity index (χ4n) is 3.11. The molecular formula is C17H20N2. The van der Waals surface area contributed by atoms with E-state index in [4.69, 9.17) is 0 Å². The number of aromatic nitrogens is 1. The normalized spacial score (nSPS) is 25.7. The zero-order chi connectivity index (χ0) is 12.8. The highest BCUT2D eigenvalue weighted by Gasteiger charge is 2.39. The van der Waals surface area contributed by atoms with Gasteiger partial charge in [-0.25, -0.2) is 0 Å². The zero-order valence-corrected chi connectivity index (χ0v) is 11.4. The summed E-state index contributed by atoms with van der Waals surface area (Å²) >= 11 is 0. The van der Waals surface area contributed by atoms with Crippen molar-refractivity contribution in [1.82, 2.24) is 10.3 Å². The summed E-state index contributed by atoms with van der Waals surface area (Å²) in [5.74, 6) is 1.59. The van der Waals surface area contributed by atoms with E-state index in [9.17, 15) is 0 Å². The van der Waals surface area contributed by atoms with Gasteiger partial charge in [-0.05, 0) is 62.3 Å². The molecule has 0 spiro atoms. The summed E-state index contributed by atoms with van der Waals surface area (Å²) in [5, 5.41) is 5.02. The molecule has 2 aliphatic rings. The van der Waals surface area contributed by atoms with Crippen LogP contribution in [0, 0.1) is 12.8 Å². The number of rotatable bonds is 4. The molecule has 0 bridgehead atoms. The average Bonchev–Trinajstić information content (AvgIpc) is 3.29. The van der Waals surface area contributed by atoms with E-state index in [-0.39, 0.29) is 0 Å². The van der Waals surface area contributed by atoms with Crippen LogP contribution in [-0.2, 0) is 0 Å². The molecule has 1 N–H and O–H groups in total. The first-order chi connectivity index (χ1) is 9.31. The first-order valence-corrected chi connectivity index (χ1v) is 7.41. The van der Waals surface area contributed by atoms with Gasteiger partial charge >= 0.3 is 0 Å². The number of fused-ring (bicyclic) bond motifs is 1. The molecule has 2 nitrogen and oxygen atoms in total. The van der Waals surface area contributed by atoms with Crippen molar-refractivity contribution in [2.75, 3.05) is 6.54 Å². The van der Waals surface area contributed by atoms with Crippen molar-refractivity contribution in [3.05, 3.63) is 41.6 Å². The van der Waals surface area contributed by atoms with Gasteiger partial charge in [0.05, 0.1) is 5.52 Å². The van der Waals surface area contributed by atoms with E-state index >= 15 is 0 Å². The maximum atomic E-state index is 4.64. The van der Waals surface area contributed by atoms with Gasteiger partial charge in [-0.15, -0.1) is 0 Å². The number of pyridine rings is 1. The summed E-state index contributed by atoms with van der Waals surface area (Å²) in [4.78, 5) is 4.64. The summed E-state index contributed by atoms with van der Waals surface area (Å²) in [6, 6.07) is 11.7. The van der Waals surface area contributed by atoms with Gasteiger partial charge in [-0.2, -0.15) is 0 Å². The molecule has 1 heterocycles. The number of benzene rings is 1. The molecule has 2 atom stereocenters. The van der Waals surface area contributed by atoms with Crippen LogP contribution in [0.1, 0.15) is 36.4 Å². The van der Waals surface area contributed by atoms with Crippen LogP contribution in [0.25, 0.3) is 10.9 Å². The molecule has 2 unspecified atom stereocenters. The van der Waals surface area contributed by atoms with Gasteiger partial charge in [-0.3, -0.25) is 4.98 Å². The first kappa shape index (κ1) is 11.4. The molecular weight excluding hydrogens is 232 g/mol. The third kappa shape index (κ3) is 2.25. The molecule has 19 heavy (non-hydrogen) atoms. The first-order valence-electron chi connectivity index (χ1n) is 7.41. The van der Waals surface area contributed by atoms with Crippen molar-refractivity contribution >= 4 is 10.9 Å². The molecule has 98 valence electrons. The predicted octanol–water partition coefficient (Wildman–Crippen LogP) is 3.40. The van der Waals surface area contributed by atoms with E-state index in [2.05, 4.69) is 47.6 Å². The lowest BCUT2D eigenvalue weighted by Crippen LogP contribution is -2.19. The predicted molar refractivity (Wildman–Crippen MR) is 78.4 cm³/mol. The van der Waals surface area contributed by atoms with Crippen LogP contribution in [0.15, 0.2) is 30.3 Å². The highest BCUT2D eigenvalue weighted by atomic mass is 15.0. The third-order valence-electron chi connectivity index (χ3n) is 4.44. The monoisotopic (exact) mass is 252 g/mol. The Morgan fingerprint density at radius 3 is 2.95 bits per heavy atom. The second-order valence-corrected chi connectivity index (χ2v) is 6.15. The summed E-state index contributed by atoms with van der Waals surface area (Å²) in [6.07, 6.45) is 4.11. The molecule has 1 aromatic carbocycles. The second kappa shape index (κ2) is 4.31. The van der Waals surface area contributed by atoms with Gasteiger partial charge in [0.1, 0.15) is 0 Å². The Balaban J connectivity index is 1.60. The minimum atomic E-state index is 0.748. The fourth-order valence-corrected chi connectivity index (χ4v) is 3.11. The van der Waals surface area contributed by atoms with Gasteiger partial charge in [0, 0.05) is 17.1 Å². The van der Waals surface area contributed by atoms with Crippen LogP contribution >= 0.6 is 0 Å². The lowest BCUT2D eigenvalue weighted by molar-refractivity contribution is 0.624. The van der Waals surface area contributed by atoms with Crippen molar-refractivity contribution in [2.45, 2.75) is 38.1 Å². The Morgan fingerprint density at radius 2 is 2.11 bits per heavy atom.